The van der Waals surface area contributed by atoms with Crippen molar-refractivity contribution in [2.75, 3.05) is 25.5 Å². The summed E-state index contributed by atoms with van der Waals surface area (Å²) in [4.78, 5) is 25.3. The molecular formula is C25H27FN3O2+. The highest BCUT2D eigenvalue weighted by atomic mass is 19.1. The van der Waals surface area contributed by atoms with Crippen LogP contribution in [0.1, 0.15) is 18.5 Å². The van der Waals surface area contributed by atoms with Gasteiger partial charge in [-0.2, -0.15) is 0 Å². The van der Waals surface area contributed by atoms with E-state index >= 15 is 0 Å². The number of hydrogen-bond acceptors (Lipinski definition) is 2. The van der Waals surface area contributed by atoms with Gasteiger partial charge < -0.3 is 15.5 Å². The van der Waals surface area contributed by atoms with Crippen molar-refractivity contribution in [3.05, 3.63) is 90.2 Å². The Morgan fingerprint density at radius 1 is 0.871 bits per heavy atom. The summed E-state index contributed by atoms with van der Waals surface area (Å²) in [6, 6.07) is 23.8. The number of amides is 2. The topological polar surface area (TPSA) is 62.6 Å². The third-order valence-corrected chi connectivity index (χ3v) is 4.93. The molecule has 5 nitrogen and oxygen atoms in total. The average Bonchev–Trinajstić information content (AvgIpc) is 2.74. The molecule has 6 heteroatoms. The van der Waals surface area contributed by atoms with E-state index in [1.165, 1.54) is 18.2 Å². The van der Waals surface area contributed by atoms with Crippen LogP contribution in [0.2, 0.25) is 0 Å². The van der Waals surface area contributed by atoms with E-state index in [1.807, 2.05) is 49.4 Å². The maximum absolute atomic E-state index is 13.2. The van der Waals surface area contributed by atoms with Crippen molar-refractivity contribution >= 4 is 17.5 Å². The van der Waals surface area contributed by atoms with Gasteiger partial charge >= 0.3 is 0 Å². The van der Waals surface area contributed by atoms with Gasteiger partial charge in [-0.15, -0.1) is 0 Å². The number of likely N-dealkylation sites (N-methyl/N-ethyl adjacent to an activating group) is 1. The quantitative estimate of drug-likeness (QED) is 0.525. The molecule has 31 heavy (non-hydrogen) atoms. The summed E-state index contributed by atoms with van der Waals surface area (Å²) in [5, 5.41) is 5.62. The number of carbonyl (C=O) groups is 2. The molecule has 0 aliphatic heterocycles. The van der Waals surface area contributed by atoms with Crippen LogP contribution >= 0.6 is 0 Å². The zero-order chi connectivity index (χ0) is 22.2. The molecule has 2 amide bonds. The summed E-state index contributed by atoms with van der Waals surface area (Å²) in [5.41, 5.74) is 3.67. The summed E-state index contributed by atoms with van der Waals surface area (Å²) in [5.74, 6) is -0.834. The van der Waals surface area contributed by atoms with Gasteiger partial charge in [-0.05, 0) is 41.8 Å². The predicted molar refractivity (Wildman–Crippen MR) is 120 cm³/mol. The molecule has 0 spiro atoms. The molecule has 3 aromatic rings. The molecule has 0 aliphatic rings. The smallest absolute Gasteiger partial charge is 0.279 e. The van der Waals surface area contributed by atoms with Crippen molar-refractivity contribution in [2.24, 2.45) is 0 Å². The monoisotopic (exact) mass is 420 g/mol. The molecule has 0 fully saturated rings. The minimum Gasteiger partial charge on any atom is -0.345 e. The van der Waals surface area contributed by atoms with Crippen LogP contribution in [0.5, 0.6) is 0 Å². The molecule has 3 N–H and O–H groups in total. The van der Waals surface area contributed by atoms with Gasteiger partial charge in [0.25, 0.3) is 11.8 Å². The Bertz CT molecular complexity index is 1020. The molecule has 0 saturated carbocycles. The number of nitrogens with one attached hydrogen (secondary N) is 3. The number of halogens is 1. The van der Waals surface area contributed by atoms with E-state index in [-0.39, 0.29) is 30.9 Å². The number of anilines is 1. The highest BCUT2D eigenvalue weighted by Crippen LogP contribution is 2.21. The molecule has 0 saturated heterocycles. The third-order valence-electron chi connectivity index (χ3n) is 4.93. The molecule has 1 unspecified atom stereocenters. The predicted octanol–water partition coefficient (Wildman–Crippen LogP) is 2.82. The van der Waals surface area contributed by atoms with Crippen LogP contribution < -0.4 is 15.5 Å². The van der Waals surface area contributed by atoms with Crippen LogP contribution in [0.3, 0.4) is 0 Å². The van der Waals surface area contributed by atoms with Crippen molar-refractivity contribution in [3.8, 4) is 11.1 Å². The molecule has 2 atom stereocenters. The Kier molecular flexibility index (Phi) is 7.51. The summed E-state index contributed by atoms with van der Waals surface area (Å²) in [6.45, 7) is 2.19. The van der Waals surface area contributed by atoms with E-state index in [0.717, 1.165) is 21.6 Å². The molecule has 0 aromatic heterocycles. The third kappa shape index (κ3) is 6.76. The van der Waals surface area contributed by atoms with Gasteiger partial charge in [0.05, 0.1) is 13.1 Å². The highest BCUT2D eigenvalue weighted by molar-refractivity contribution is 5.91. The lowest BCUT2D eigenvalue weighted by Crippen LogP contribution is -3.11. The summed E-state index contributed by atoms with van der Waals surface area (Å²) >= 11 is 0. The van der Waals surface area contributed by atoms with Gasteiger partial charge in [0.1, 0.15) is 5.82 Å². The first-order chi connectivity index (χ1) is 14.9. The first kappa shape index (κ1) is 22.2. The number of quaternary nitrogens is 1. The molecule has 0 bridgehead atoms. The highest BCUT2D eigenvalue weighted by Gasteiger charge is 2.17. The van der Waals surface area contributed by atoms with E-state index in [4.69, 9.17) is 0 Å². The second-order valence-corrected chi connectivity index (χ2v) is 7.65. The van der Waals surface area contributed by atoms with Crippen LogP contribution in [0, 0.1) is 5.82 Å². The first-order valence-electron chi connectivity index (χ1n) is 10.2. The molecule has 160 valence electrons. The minimum atomic E-state index is -0.413. The Morgan fingerprint density at radius 2 is 1.52 bits per heavy atom. The molecule has 3 rings (SSSR count). The van der Waals surface area contributed by atoms with Crippen LogP contribution in [-0.2, 0) is 9.59 Å². The number of benzene rings is 3. The van der Waals surface area contributed by atoms with Crippen LogP contribution in [0.25, 0.3) is 11.1 Å². The zero-order valence-corrected chi connectivity index (χ0v) is 17.7. The van der Waals surface area contributed by atoms with Gasteiger partial charge in [-0.25, -0.2) is 4.39 Å². The number of rotatable bonds is 8. The minimum absolute atomic E-state index is 0.101. The molecular weight excluding hydrogens is 393 g/mol. The Hall–Kier alpha value is -3.51. The van der Waals surface area contributed by atoms with Crippen LogP contribution in [0.15, 0.2) is 78.9 Å². The second-order valence-electron chi connectivity index (χ2n) is 7.65. The normalized spacial score (nSPS) is 12.6. The first-order valence-corrected chi connectivity index (χ1v) is 10.2. The van der Waals surface area contributed by atoms with Gasteiger partial charge in [0, 0.05) is 5.69 Å². The van der Waals surface area contributed by atoms with E-state index < -0.39 is 5.82 Å². The lowest BCUT2D eigenvalue weighted by Gasteiger charge is -2.17. The fraction of sp³-hybridized carbons (Fsp3) is 0.200. The van der Waals surface area contributed by atoms with E-state index in [9.17, 15) is 14.0 Å². The fourth-order valence-corrected chi connectivity index (χ4v) is 3.35. The van der Waals surface area contributed by atoms with Crippen LogP contribution in [0.4, 0.5) is 10.1 Å². The lowest BCUT2D eigenvalue weighted by molar-refractivity contribution is -0.862. The Balaban J connectivity index is 1.47. The van der Waals surface area contributed by atoms with Crippen molar-refractivity contribution in [1.82, 2.24) is 5.32 Å². The summed E-state index contributed by atoms with van der Waals surface area (Å²) in [6.07, 6.45) is 0. The molecule has 3 aromatic carbocycles. The maximum atomic E-state index is 13.2. The largest absolute Gasteiger partial charge is 0.345 e. The maximum Gasteiger partial charge on any atom is 0.279 e. The van der Waals surface area contributed by atoms with Crippen LogP contribution in [-0.4, -0.2) is 32.0 Å². The fourth-order valence-electron chi connectivity index (χ4n) is 3.35. The van der Waals surface area contributed by atoms with Gasteiger partial charge in [-0.3, -0.25) is 9.59 Å². The Morgan fingerprint density at radius 3 is 2.19 bits per heavy atom. The Labute approximate surface area is 181 Å². The molecule has 0 heterocycles. The van der Waals surface area contributed by atoms with E-state index in [2.05, 4.69) is 22.8 Å². The van der Waals surface area contributed by atoms with Gasteiger partial charge in [-0.1, -0.05) is 60.7 Å². The van der Waals surface area contributed by atoms with Gasteiger partial charge in [0.15, 0.2) is 13.1 Å². The van der Waals surface area contributed by atoms with Crippen molar-refractivity contribution < 1.29 is 18.9 Å². The molecule has 0 radical (unpaired) electrons. The molecule has 0 aliphatic carbocycles. The lowest BCUT2D eigenvalue weighted by atomic mass is 10.0. The van der Waals surface area contributed by atoms with Gasteiger partial charge in [0.2, 0.25) is 0 Å². The summed E-state index contributed by atoms with van der Waals surface area (Å²) in [7, 11) is 1.77. The van der Waals surface area contributed by atoms with E-state index in [0.29, 0.717) is 5.69 Å². The number of hydrogen-bond donors (Lipinski definition) is 3. The zero-order valence-electron chi connectivity index (χ0n) is 17.7. The van der Waals surface area contributed by atoms with E-state index in [1.54, 1.807) is 13.1 Å². The van der Waals surface area contributed by atoms with Crippen molar-refractivity contribution in [1.29, 1.82) is 0 Å². The summed E-state index contributed by atoms with van der Waals surface area (Å²) < 4.78 is 13.2. The van der Waals surface area contributed by atoms with Crippen molar-refractivity contribution in [3.63, 3.8) is 0 Å². The standard InChI is InChI=1S/C25H26FN3O2/c1-18(19-11-13-21(14-12-19)20-7-4-3-5-8-20)27-24(30)16-29(2)17-25(31)28-23-10-6-9-22(26)15-23/h3-15,18H,16-17H2,1-2H3,(H,27,30)(H,28,31)/p+1/t18-/m1/s1. The number of carbonyl (C=O) groups excluding carboxylic acids is 2. The second kappa shape index (κ2) is 10.5. The average molecular weight is 421 g/mol. The van der Waals surface area contributed by atoms with Crippen molar-refractivity contribution in [2.45, 2.75) is 13.0 Å². The SMILES string of the molecule is C[C@@H](NC(=O)C[NH+](C)CC(=O)Nc1cccc(F)c1)c1ccc(-c2ccccc2)cc1.